The summed E-state index contributed by atoms with van der Waals surface area (Å²) >= 11 is 0. The molecule has 0 aliphatic carbocycles. The molecule has 14 heteroatoms. The maximum atomic E-state index is 5.81. The first-order chi connectivity index (χ1) is 23.4. The van der Waals surface area contributed by atoms with Gasteiger partial charge in [-0.25, -0.2) is 0 Å². The van der Waals surface area contributed by atoms with Crippen LogP contribution in [0.15, 0.2) is 94.9 Å². The summed E-state index contributed by atoms with van der Waals surface area (Å²) in [4.78, 5) is 18.3. The Bertz CT molecular complexity index is 2570. The van der Waals surface area contributed by atoms with Gasteiger partial charge < -0.3 is 56.2 Å². The van der Waals surface area contributed by atoms with Crippen molar-refractivity contribution in [1.29, 1.82) is 0 Å². The van der Waals surface area contributed by atoms with Gasteiger partial charge in [0.15, 0.2) is 0 Å². The molecule has 0 spiro atoms. The van der Waals surface area contributed by atoms with Gasteiger partial charge in [0, 0.05) is 90.9 Å². The minimum absolute atomic E-state index is 0. The summed E-state index contributed by atoms with van der Waals surface area (Å²) in [5.41, 5.74) is 10.3. The first-order valence-corrected chi connectivity index (χ1v) is 15.1. The fourth-order valence-corrected chi connectivity index (χ4v) is 6.03. The Hall–Kier alpha value is -5.18. The third-order valence-corrected chi connectivity index (χ3v) is 8.26. The molecule has 256 valence electrons. The number of aryl methyl sites for hydroxylation is 4. The van der Waals surface area contributed by atoms with E-state index in [-0.39, 0.29) is 42.1 Å². The fourth-order valence-electron chi connectivity index (χ4n) is 6.03. The average Bonchev–Trinajstić information content (AvgIpc) is 3.91. The molecule has 0 amide bonds. The van der Waals surface area contributed by atoms with E-state index in [1.807, 2.05) is 120 Å². The molecule has 8 heterocycles. The zero-order valence-corrected chi connectivity index (χ0v) is 31.5. The Labute approximate surface area is 314 Å². The van der Waals surface area contributed by atoms with E-state index in [2.05, 4.69) is 35.3 Å². The molecule has 0 aliphatic rings. The van der Waals surface area contributed by atoms with Crippen LogP contribution in [0.1, 0.15) is 0 Å². The van der Waals surface area contributed by atoms with Crippen molar-refractivity contribution in [2.24, 2.45) is 28.2 Å². The Morgan fingerprint density at radius 2 is 1.08 bits per heavy atom. The van der Waals surface area contributed by atoms with E-state index in [1.54, 1.807) is 21.7 Å². The average molecular weight is 1020 g/mol. The van der Waals surface area contributed by atoms with Gasteiger partial charge in [-0.3, -0.25) is 0 Å². The number of aromatic nitrogens is 10. The Morgan fingerprint density at radius 1 is 0.640 bits per heavy atom. The molecule has 10 aromatic rings. The molecule has 0 saturated heterocycles. The zero-order chi connectivity index (χ0) is 32.5. The van der Waals surface area contributed by atoms with Crippen molar-refractivity contribution >= 4 is 44.0 Å². The molecule has 8 aromatic heterocycles. The summed E-state index contributed by atoms with van der Waals surface area (Å²) in [5, 5.41) is 1.97. The molecule has 0 radical (unpaired) electrons. The summed E-state index contributed by atoms with van der Waals surface area (Å²) in [6.45, 7) is 0. The maximum absolute atomic E-state index is 5.81. The summed E-state index contributed by atoms with van der Waals surface area (Å²) in [6, 6.07) is 12.1. The fraction of sp³-hybridized carbons (Fsp3) is 0.111. The molecular weight excluding hydrogens is 995 g/mol. The van der Waals surface area contributed by atoms with Gasteiger partial charge >= 0.3 is 0 Å². The first kappa shape index (κ1) is 33.3. The molecular formula is C36H26N10O2Pt2-4. The van der Waals surface area contributed by atoms with Crippen molar-refractivity contribution in [3.05, 3.63) is 111 Å². The second kappa shape index (κ2) is 12.9. The topological polar surface area (TPSA) is 108 Å². The van der Waals surface area contributed by atoms with E-state index in [0.29, 0.717) is 0 Å². The van der Waals surface area contributed by atoms with Crippen molar-refractivity contribution < 1.29 is 60.1 Å². The molecule has 0 aliphatic heterocycles. The number of imidazole rings is 4. The van der Waals surface area contributed by atoms with Crippen LogP contribution in [-0.4, -0.2) is 28.2 Å². The number of nitrogens with zero attached hydrogens (tertiary/aromatic N) is 10. The number of furan rings is 2. The normalized spacial score (nSPS) is 11.3. The third kappa shape index (κ3) is 5.49. The van der Waals surface area contributed by atoms with Crippen LogP contribution in [0.3, 0.4) is 0 Å². The van der Waals surface area contributed by atoms with Gasteiger partial charge in [-0.1, -0.05) is 58.8 Å². The summed E-state index contributed by atoms with van der Waals surface area (Å²) in [5.74, 6) is 0. The van der Waals surface area contributed by atoms with E-state index in [1.165, 1.54) is 0 Å². The molecule has 0 fully saturated rings. The Kier molecular flexibility index (Phi) is 8.62. The summed E-state index contributed by atoms with van der Waals surface area (Å²) in [6.07, 6.45) is 27.2. The van der Waals surface area contributed by atoms with Crippen LogP contribution in [0, 0.1) is 25.3 Å². The molecule has 2 aromatic carbocycles. The van der Waals surface area contributed by atoms with Crippen LogP contribution in [-0.2, 0) is 70.3 Å². The number of hydrogen-bond donors (Lipinski definition) is 0. The van der Waals surface area contributed by atoms with E-state index in [4.69, 9.17) is 18.8 Å². The van der Waals surface area contributed by atoms with Crippen LogP contribution < -0.4 is 19.1 Å². The van der Waals surface area contributed by atoms with E-state index in [0.717, 1.165) is 77.9 Å². The van der Waals surface area contributed by atoms with Gasteiger partial charge in [0.2, 0.25) is 12.7 Å². The van der Waals surface area contributed by atoms with Gasteiger partial charge in [0.1, 0.15) is 11.2 Å². The Balaban J connectivity index is 0.000000151. The van der Waals surface area contributed by atoms with Crippen LogP contribution in [0.25, 0.3) is 77.9 Å². The van der Waals surface area contributed by atoms with Crippen LogP contribution in [0.5, 0.6) is 0 Å². The number of hydrogen-bond acceptors (Lipinski definition) is 4. The van der Waals surface area contributed by atoms with Gasteiger partial charge in [0.05, 0.1) is 26.6 Å². The monoisotopic (exact) mass is 1020 g/mol. The number of benzene rings is 2. The number of para-hydroxylation sites is 2. The van der Waals surface area contributed by atoms with Crippen LogP contribution >= 0.6 is 0 Å². The minimum Gasteiger partial charge on any atom is -0.659 e. The molecule has 10 rings (SSSR count). The zero-order valence-electron chi connectivity index (χ0n) is 27.0. The molecule has 50 heavy (non-hydrogen) atoms. The van der Waals surface area contributed by atoms with Gasteiger partial charge in [-0.15, -0.1) is 23.4 Å². The van der Waals surface area contributed by atoms with Crippen molar-refractivity contribution in [3.63, 3.8) is 0 Å². The summed E-state index contributed by atoms with van der Waals surface area (Å²) in [7, 11) is 7.67. The van der Waals surface area contributed by atoms with Crippen molar-refractivity contribution in [2.75, 3.05) is 0 Å². The first-order valence-electron chi connectivity index (χ1n) is 15.1. The van der Waals surface area contributed by atoms with Crippen LogP contribution in [0.2, 0.25) is 0 Å². The molecule has 0 saturated carbocycles. The van der Waals surface area contributed by atoms with Crippen molar-refractivity contribution in [3.8, 4) is 33.9 Å². The molecule has 0 N–H and O–H groups in total. The standard InChI is InChI=1S/2C18H13N5O.2Pt/c2*1-21-6-7-23(11-21)15-5-3-4-12-16(15)20-17-13(9-24-18(12)17)14-8-22(2)10-19-14;;/h2*3-9H,1-2H3;;/q2*-2;;. The second-order valence-corrected chi connectivity index (χ2v) is 11.7. The van der Waals surface area contributed by atoms with E-state index in [9.17, 15) is 0 Å². The van der Waals surface area contributed by atoms with Gasteiger partial charge in [-0.05, 0) is 36.0 Å². The summed E-state index contributed by atoms with van der Waals surface area (Å²) < 4.78 is 22.8. The Morgan fingerprint density at radius 3 is 1.44 bits per heavy atom. The number of fused-ring (bicyclic) bond motifs is 6. The smallest absolute Gasteiger partial charge is 0.243 e. The maximum Gasteiger partial charge on any atom is 0.243 e. The van der Waals surface area contributed by atoms with Crippen molar-refractivity contribution in [1.82, 2.24) is 38.2 Å². The second-order valence-electron chi connectivity index (χ2n) is 11.7. The van der Waals surface area contributed by atoms with E-state index < -0.39 is 0 Å². The SMILES string of the molecule is Cn1[c-]nc(-c2coc3c2[n-]c2c(-n4[c-][n+](C)cc4)cccc23)c1.Cn1[c-]nc(-c2coc3c2[n-]c2c(-n4[c-][n+](C)cc4)cccc23)c1.[Pt].[Pt]. The predicted molar refractivity (Wildman–Crippen MR) is 175 cm³/mol. The third-order valence-electron chi connectivity index (χ3n) is 8.26. The van der Waals surface area contributed by atoms with Crippen LogP contribution in [0.4, 0.5) is 0 Å². The predicted octanol–water partition coefficient (Wildman–Crippen LogP) is 4.31. The van der Waals surface area contributed by atoms with Gasteiger partial charge in [-0.2, -0.15) is 0 Å². The largest absolute Gasteiger partial charge is 0.659 e. The van der Waals surface area contributed by atoms with E-state index >= 15 is 0 Å². The molecule has 0 unspecified atom stereocenters. The van der Waals surface area contributed by atoms with Crippen molar-refractivity contribution in [2.45, 2.75) is 0 Å². The quantitative estimate of drug-likeness (QED) is 0.192. The minimum atomic E-state index is 0. The molecule has 12 nitrogen and oxygen atoms in total. The number of rotatable bonds is 4. The van der Waals surface area contributed by atoms with Gasteiger partial charge in [0.25, 0.3) is 0 Å². The molecule has 0 atom stereocenters. The molecule has 0 bridgehead atoms.